The predicted molar refractivity (Wildman–Crippen MR) is 40.0 cm³/mol. The van der Waals surface area contributed by atoms with E-state index in [4.69, 9.17) is 0 Å². The average molecular weight is 160 g/mol. The van der Waals surface area contributed by atoms with Gasteiger partial charge in [0.2, 0.25) is 5.91 Å². The molecule has 0 bridgehead atoms. The highest BCUT2D eigenvalue weighted by atomic mass is 19.1. The maximum atomic E-state index is 11.7. The summed E-state index contributed by atoms with van der Waals surface area (Å²) in [6.07, 6.45) is 1.38. The van der Waals surface area contributed by atoms with Crippen molar-refractivity contribution >= 4 is 5.91 Å². The minimum Gasteiger partial charge on any atom is -0.355 e. The van der Waals surface area contributed by atoms with Crippen LogP contribution in [0.1, 0.15) is 12.8 Å². The minimum atomic E-state index is -0.343. The highest BCUT2D eigenvalue weighted by molar-refractivity contribution is 5.76. The van der Waals surface area contributed by atoms with E-state index in [1.54, 1.807) is 0 Å². The molecule has 0 radical (unpaired) electrons. The van der Waals surface area contributed by atoms with Gasteiger partial charge in [0.1, 0.15) is 6.67 Å². The molecule has 0 aromatic carbocycles. The first-order valence-corrected chi connectivity index (χ1v) is 3.89. The van der Waals surface area contributed by atoms with E-state index in [9.17, 15) is 9.18 Å². The van der Waals surface area contributed by atoms with Crippen molar-refractivity contribution in [1.82, 2.24) is 10.6 Å². The molecule has 4 heteroatoms. The van der Waals surface area contributed by atoms with Gasteiger partial charge < -0.3 is 10.6 Å². The first-order chi connectivity index (χ1) is 5.33. The standard InChI is InChI=1S/C7H13FN2O/c8-3-4-9-6-1-2-7(11)10-5-6/h6,9H,1-5H2,(H,10,11). The van der Waals surface area contributed by atoms with E-state index in [0.29, 0.717) is 19.5 Å². The van der Waals surface area contributed by atoms with Gasteiger partial charge in [0, 0.05) is 25.6 Å². The lowest BCUT2D eigenvalue weighted by molar-refractivity contribution is -0.122. The zero-order chi connectivity index (χ0) is 8.10. The summed E-state index contributed by atoms with van der Waals surface area (Å²) >= 11 is 0. The van der Waals surface area contributed by atoms with Gasteiger partial charge in [-0.05, 0) is 6.42 Å². The van der Waals surface area contributed by atoms with Crippen molar-refractivity contribution in [3.05, 3.63) is 0 Å². The molecule has 0 aliphatic carbocycles. The number of carbonyl (C=O) groups excluding carboxylic acids is 1. The Bertz CT molecular complexity index is 130. The Balaban J connectivity index is 2.12. The summed E-state index contributed by atoms with van der Waals surface area (Å²) in [5.41, 5.74) is 0. The highest BCUT2D eigenvalue weighted by Gasteiger charge is 2.16. The van der Waals surface area contributed by atoms with E-state index >= 15 is 0 Å². The lowest BCUT2D eigenvalue weighted by atomic mass is 10.1. The molecule has 3 nitrogen and oxygen atoms in total. The van der Waals surface area contributed by atoms with E-state index in [2.05, 4.69) is 10.6 Å². The summed E-state index contributed by atoms with van der Waals surface area (Å²) in [7, 11) is 0. The second-order valence-electron chi connectivity index (χ2n) is 2.68. The molecule has 1 saturated heterocycles. The second kappa shape index (κ2) is 4.28. The average Bonchev–Trinajstić information content (AvgIpc) is 2.04. The van der Waals surface area contributed by atoms with Gasteiger partial charge in [-0.25, -0.2) is 4.39 Å². The van der Waals surface area contributed by atoms with Gasteiger partial charge in [-0.1, -0.05) is 0 Å². The molecule has 0 saturated carbocycles. The number of rotatable bonds is 3. The Labute approximate surface area is 65.3 Å². The van der Waals surface area contributed by atoms with Crippen molar-refractivity contribution in [2.75, 3.05) is 19.8 Å². The van der Waals surface area contributed by atoms with Crippen LogP contribution in [0.2, 0.25) is 0 Å². The number of hydrogen-bond donors (Lipinski definition) is 2. The molecule has 0 aromatic heterocycles. The van der Waals surface area contributed by atoms with E-state index in [1.165, 1.54) is 0 Å². The van der Waals surface area contributed by atoms with Crippen LogP contribution in [0.4, 0.5) is 4.39 Å². The SMILES string of the molecule is O=C1CCC(NCCF)CN1. The number of hydrogen-bond acceptors (Lipinski definition) is 2. The zero-order valence-electron chi connectivity index (χ0n) is 6.40. The van der Waals surface area contributed by atoms with Gasteiger partial charge in [0.05, 0.1) is 0 Å². The Kier molecular flexibility index (Phi) is 3.29. The van der Waals surface area contributed by atoms with Gasteiger partial charge in [-0.2, -0.15) is 0 Å². The van der Waals surface area contributed by atoms with Crippen LogP contribution in [0, 0.1) is 0 Å². The Morgan fingerprint density at radius 3 is 3.09 bits per heavy atom. The van der Waals surface area contributed by atoms with E-state index < -0.39 is 0 Å². The quantitative estimate of drug-likeness (QED) is 0.601. The molecular weight excluding hydrogens is 147 g/mol. The highest BCUT2D eigenvalue weighted by Crippen LogP contribution is 2.01. The third-order valence-electron chi connectivity index (χ3n) is 1.79. The van der Waals surface area contributed by atoms with Crippen molar-refractivity contribution < 1.29 is 9.18 Å². The minimum absolute atomic E-state index is 0.100. The molecule has 2 N–H and O–H groups in total. The van der Waals surface area contributed by atoms with Crippen LogP contribution < -0.4 is 10.6 Å². The molecule has 11 heavy (non-hydrogen) atoms. The summed E-state index contributed by atoms with van der Waals surface area (Å²) in [6, 6.07) is 0.267. The van der Waals surface area contributed by atoms with E-state index in [-0.39, 0.29) is 18.6 Å². The molecule has 0 aromatic rings. The first-order valence-electron chi connectivity index (χ1n) is 3.89. The van der Waals surface area contributed by atoms with Gasteiger partial charge in [0.25, 0.3) is 0 Å². The van der Waals surface area contributed by atoms with Gasteiger partial charge in [-0.3, -0.25) is 4.79 Å². The van der Waals surface area contributed by atoms with Crippen molar-refractivity contribution in [2.24, 2.45) is 0 Å². The lowest BCUT2D eigenvalue weighted by Gasteiger charge is -2.22. The van der Waals surface area contributed by atoms with Crippen LogP contribution in [-0.4, -0.2) is 31.7 Å². The van der Waals surface area contributed by atoms with Crippen molar-refractivity contribution in [3.63, 3.8) is 0 Å². The number of amides is 1. The number of carbonyl (C=O) groups is 1. The number of alkyl halides is 1. The van der Waals surface area contributed by atoms with Crippen molar-refractivity contribution in [2.45, 2.75) is 18.9 Å². The van der Waals surface area contributed by atoms with Crippen LogP contribution in [0.3, 0.4) is 0 Å². The van der Waals surface area contributed by atoms with Crippen molar-refractivity contribution in [1.29, 1.82) is 0 Å². The Morgan fingerprint density at radius 2 is 2.55 bits per heavy atom. The van der Waals surface area contributed by atoms with Gasteiger partial charge in [0.15, 0.2) is 0 Å². The maximum absolute atomic E-state index is 11.7. The summed E-state index contributed by atoms with van der Waals surface area (Å²) in [5.74, 6) is 0.100. The molecule has 1 aliphatic heterocycles. The molecule has 0 spiro atoms. The van der Waals surface area contributed by atoms with E-state index in [1.807, 2.05) is 0 Å². The van der Waals surface area contributed by atoms with Crippen LogP contribution in [0.25, 0.3) is 0 Å². The molecule has 1 heterocycles. The zero-order valence-corrected chi connectivity index (χ0v) is 6.40. The first kappa shape index (κ1) is 8.46. The smallest absolute Gasteiger partial charge is 0.220 e. The van der Waals surface area contributed by atoms with Crippen LogP contribution >= 0.6 is 0 Å². The number of halogens is 1. The molecule has 1 aliphatic rings. The fraction of sp³-hybridized carbons (Fsp3) is 0.857. The fourth-order valence-electron chi connectivity index (χ4n) is 1.17. The molecule has 1 amide bonds. The van der Waals surface area contributed by atoms with Crippen LogP contribution in [0.15, 0.2) is 0 Å². The molecule has 64 valence electrons. The monoisotopic (exact) mass is 160 g/mol. The Hall–Kier alpha value is -0.640. The topological polar surface area (TPSA) is 41.1 Å². The summed E-state index contributed by atoms with van der Waals surface area (Å²) in [5, 5.41) is 5.72. The predicted octanol–water partition coefficient (Wildman–Crippen LogP) is -0.176. The second-order valence-corrected chi connectivity index (χ2v) is 2.68. The van der Waals surface area contributed by atoms with Gasteiger partial charge in [-0.15, -0.1) is 0 Å². The molecule has 1 atom stereocenters. The van der Waals surface area contributed by atoms with E-state index in [0.717, 1.165) is 6.42 Å². The van der Waals surface area contributed by atoms with Crippen LogP contribution in [0.5, 0.6) is 0 Å². The third kappa shape index (κ3) is 2.84. The van der Waals surface area contributed by atoms with Crippen LogP contribution in [-0.2, 0) is 4.79 Å². The molecular formula is C7H13FN2O. The van der Waals surface area contributed by atoms with Gasteiger partial charge >= 0.3 is 0 Å². The number of piperidine rings is 1. The summed E-state index contributed by atoms with van der Waals surface area (Å²) < 4.78 is 11.7. The normalized spacial score (nSPS) is 24.8. The fourth-order valence-corrected chi connectivity index (χ4v) is 1.17. The largest absolute Gasteiger partial charge is 0.355 e. The molecule has 1 fully saturated rings. The lowest BCUT2D eigenvalue weighted by Crippen LogP contribution is -2.46. The van der Waals surface area contributed by atoms with Crippen molar-refractivity contribution in [3.8, 4) is 0 Å². The number of nitrogens with one attached hydrogen (secondary N) is 2. The maximum Gasteiger partial charge on any atom is 0.220 e. The Morgan fingerprint density at radius 1 is 1.73 bits per heavy atom. The molecule has 1 unspecified atom stereocenters. The summed E-state index contributed by atoms with van der Waals surface area (Å²) in [4.78, 5) is 10.7. The third-order valence-corrected chi connectivity index (χ3v) is 1.79. The molecule has 1 rings (SSSR count). The summed E-state index contributed by atoms with van der Waals surface area (Å²) in [6.45, 7) is 0.684.